The van der Waals surface area contributed by atoms with Crippen molar-refractivity contribution < 1.29 is 4.79 Å². The van der Waals surface area contributed by atoms with Crippen LogP contribution in [0.15, 0.2) is 11.0 Å². The number of nitrogens with one attached hydrogen (secondary N) is 3. The van der Waals surface area contributed by atoms with Crippen LogP contribution in [0.5, 0.6) is 0 Å². The zero-order chi connectivity index (χ0) is 12.3. The molecule has 1 aromatic heterocycles. The highest BCUT2D eigenvalue weighted by atomic mass is 35.5. The van der Waals surface area contributed by atoms with Crippen molar-refractivity contribution >= 4 is 23.2 Å². The summed E-state index contributed by atoms with van der Waals surface area (Å²) in [6.45, 7) is 0.420. The Hall–Kier alpha value is -1.56. The van der Waals surface area contributed by atoms with Gasteiger partial charge in [0.15, 0.2) is 0 Å². The standard InChI is InChI=1S/C10H13ClN4O2/c11-9-7(5-13-15-10(9)17)12-4-3-8(16)14-6-1-2-6/h5-6H,1-4H2,(H,14,16)(H2,12,15,17). The highest BCUT2D eigenvalue weighted by Gasteiger charge is 2.22. The molecule has 0 atom stereocenters. The van der Waals surface area contributed by atoms with Crippen LogP contribution >= 0.6 is 11.6 Å². The van der Waals surface area contributed by atoms with Crippen LogP contribution in [0.2, 0.25) is 5.02 Å². The van der Waals surface area contributed by atoms with Gasteiger partial charge >= 0.3 is 0 Å². The topological polar surface area (TPSA) is 86.9 Å². The predicted octanol–water partition coefficient (Wildman–Crippen LogP) is 0.504. The Morgan fingerprint density at radius 2 is 2.35 bits per heavy atom. The van der Waals surface area contributed by atoms with Crippen LogP contribution in [0.25, 0.3) is 0 Å². The minimum atomic E-state index is -0.445. The van der Waals surface area contributed by atoms with Gasteiger partial charge in [0.1, 0.15) is 5.02 Å². The summed E-state index contributed by atoms with van der Waals surface area (Å²) in [6, 6.07) is 0.368. The third-order valence-electron chi connectivity index (χ3n) is 2.41. The van der Waals surface area contributed by atoms with Crippen LogP contribution in [0.1, 0.15) is 19.3 Å². The maximum absolute atomic E-state index is 11.4. The second kappa shape index (κ2) is 5.18. The zero-order valence-electron chi connectivity index (χ0n) is 9.12. The smallest absolute Gasteiger partial charge is 0.285 e. The normalized spacial score (nSPS) is 14.4. The van der Waals surface area contributed by atoms with Gasteiger partial charge < -0.3 is 10.6 Å². The molecule has 0 spiro atoms. The first-order chi connectivity index (χ1) is 8.16. The number of H-pyrrole nitrogens is 1. The Morgan fingerprint density at radius 3 is 3.06 bits per heavy atom. The first kappa shape index (κ1) is 11.9. The van der Waals surface area contributed by atoms with Crippen molar-refractivity contribution in [2.24, 2.45) is 0 Å². The van der Waals surface area contributed by atoms with Crippen molar-refractivity contribution in [1.29, 1.82) is 0 Å². The van der Waals surface area contributed by atoms with Gasteiger partial charge in [-0.15, -0.1) is 0 Å². The van der Waals surface area contributed by atoms with Gasteiger partial charge in [-0.1, -0.05) is 11.6 Å². The predicted molar refractivity (Wildman–Crippen MR) is 64.1 cm³/mol. The SMILES string of the molecule is O=C(CCNc1cn[nH]c(=O)c1Cl)NC1CC1. The molecule has 3 N–H and O–H groups in total. The molecular formula is C10H13ClN4O2. The molecule has 1 aliphatic carbocycles. The van der Waals surface area contributed by atoms with Gasteiger partial charge in [0.2, 0.25) is 5.91 Å². The van der Waals surface area contributed by atoms with E-state index in [1.54, 1.807) is 0 Å². The Morgan fingerprint density at radius 1 is 1.59 bits per heavy atom. The Kier molecular flexibility index (Phi) is 3.63. The Labute approximate surface area is 103 Å². The summed E-state index contributed by atoms with van der Waals surface area (Å²) in [4.78, 5) is 22.5. The van der Waals surface area contributed by atoms with Crippen LogP contribution in [0.3, 0.4) is 0 Å². The van der Waals surface area contributed by atoms with E-state index in [0.717, 1.165) is 12.8 Å². The summed E-state index contributed by atoms with van der Waals surface area (Å²) < 4.78 is 0. The molecule has 1 fully saturated rings. The largest absolute Gasteiger partial charge is 0.382 e. The van der Waals surface area contributed by atoms with Crippen molar-refractivity contribution in [2.45, 2.75) is 25.3 Å². The molecule has 1 aromatic rings. The minimum absolute atomic E-state index is 0.00826. The number of rotatable bonds is 5. The van der Waals surface area contributed by atoms with E-state index in [2.05, 4.69) is 20.8 Å². The number of amides is 1. The fraction of sp³-hybridized carbons (Fsp3) is 0.500. The average molecular weight is 257 g/mol. The summed E-state index contributed by atoms with van der Waals surface area (Å²) in [6.07, 6.45) is 3.91. The van der Waals surface area contributed by atoms with Crippen molar-refractivity contribution in [1.82, 2.24) is 15.5 Å². The molecule has 92 valence electrons. The summed E-state index contributed by atoms with van der Waals surface area (Å²) in [5.41, 5.74) is -0.00580. The second-order valence-corrected chi connectivity index (χ2v) is 4.32. The van der Waals surface area contributed by atoms with Crippen molar-refractivity contribution in [2.75, 3.05) is 11.9 Å². The number of aromatic nitrogens is 2. The third-order valence-corrected chi connectivity index (χ3v) is 2.78. The van der Waals surface area contributed by atoms with E-state index in [1.165, 1.54) is 6.20 Å². The van der Waals surface area contributed by atoms with Crippen LogP contribution in [-0.4, -0.2) is 28.7 Å². The molecule has 7 heteroatoms. The van der Waals surface area contributed by atoms with Gasteiger partial charge in [-0.05, 0) is 12.8 Å². The Balaban J connectivity index is 1.79. The fourth-order valence-electron chi connectivity index (χ4n) is 1.34. The number of carbonyl (C=O) groups excluding carboxylic acids is 1. The number of halogens is 1. The lowest BCUT2D eigenvalue weighted by Gasteiger charge is -2.07. The molecule has 1 heterocycles. The maximum atomic E-state index is 11.4. The highest BCUT2D eigenvalue weighted by Crippen LogP contribution is 2.18. The highest BCUT2D eigenvalue weighted by molar-refractivity contribution is 6.32. The quantitative estimate of drug-likeness (QED) is 0.716. The molecule has 1 aliphatic rings. The van der Waals surface area contributed by atoms with Gasteiger partial charge in [-0.2, -0.15) is 5.10 Å². The number of anilines is 1. The molecule has 2 rings (SSSR count). The third kappa shape index (κ3) is 3.45. The average Bonchev–Trinajstić information content (AvgIpc) is 3.08. The monoisotopic (exact) mass is 256 g/mol. The van der Waals surface area contributed by atoms with E-state index in [-0.39, 0.29) is 10.9 Å². The van der Waals surface area contributed by atoms with E-state index < -0.39 is 5.56 Å². The zero-order valence-corrected chi connectivity index (χ0v) is 9.88. The molecule has 1 amide bonds. The Bertz CT molecular complexity index is 470. The summed E-state index contributed by atoms with van der Waals surface area (Å²) >= 11 is 5.76. The number of hydrogen-bond donors (Lipinski definition) is 3. The van der Waals surface area contributed by atoms with E-state index in [9.17, 15) is 9.59 Å². The minimum Gasteiger partial charge on any atom is -0.382 e. The van der Waals surface area contributed by atoms with Crippen molar-refractivity contribution in [3.63, 3.8) is 0 Å². The van der Waals surface area contributed by atoms with E-state index in [1.807, 2.05) is 0 Å². The van der Waals surface area contributed by atoms with E-state index >= 15 is 0 Å². The van der Waals surface area contributed by atoms with Crippen molar-refractivity contribution in [3.8, 4) is 0 Å². The summed E-state index contributed by atoms with van der Waals surface area (Å²) in [5.74, 6) is 0.00826. The fourth-order valence-corrected chi connectivity index (χ4v) is 1.50. The van der Waals surface area contributed by atoms with Crippen LogP contribution in [-0.2, 0) is 4.79 Å². The van der Waals surface area contributed by atoms with Gasteiger partial charge in [0.25, 0.3) is 5.56 Å². The molecule has 0 aliphatic heterocycles. The molecule has 6 nitrogen and oxygen atoms in total. The molecule has 0 saturated heterocycles. The van der Waals surface area contributed by atoms with Gasteiger partial charge in [0, 0.05) is 19.0 Å². The van der Waals surface area contributed by atoms with Gasteiger partial charge in [-0.3, -0.25) is 9.59 Å². The van der Waals surface area contributed by atoms with E-state index in [4.69, 9.17) is 11.6 Å². The molecule has 0 unspecified atom stereocenters. The second-order valence-electron chi connectivity index (χ2n) is 3.95. The molecule has 17 heavy (non-hydrogen) atoms. The number of carbonyl (C=O) groups is 1. The first-order valence-electron chi connectivity index (χ1n) is 5.43. The summed E-state index contributed by atoms with van der Waals surface area (Å²) in [5, 5.41) is 11.7. The number of hydrogen-bond acceptors (Lipinski definition) is 4. The first-order valence-corrected chi connectivity index (χ1v) is 5.81. The van der Waals surface area contributed by atoms with Gasteiger partial charge in [-0.25, -0.2) is 5.10 Å². The van der Waals surface area contributed by atoms with Crippen LogP contribution in [0.4, 0.5) is 5.69 Å². The molecular weight excluding hydrogens is 244 g/mol. The van der Waals surface area contributed by atoms with E-state index in [0.29, 0.717) is 24.7 Å². The van der Waals surface area contributed by atoms with Crippen molar-refractivity contribution in [3.05, 3.63) is 21.6 Å². The van der Waals surface area contributed by atoms with Crippen LogP contribution in [0, 0.1) is 0 Å². The molecule has 0 bridgehead atoms. The lowest BCUT2D eigenvalue weighted by molar-refractivity contribution is -0.120. The number of nitrogens with zero attached hydrogens (tertiary/aromatic N) is 1. The molecule has 0 aromatic carbocycles. The number of aromatic amines is 1. The summed E-state index contributed by atoms with van der Waals surface area (Å²) in [7, 11) is 0. The maximum Gasteiger partial charge on any atom is 0.285 e. The van der Waals surface area contributed by atoms with Gasteiger partial charge in [0.05, 0.1) is 11.9 Å². The lowest BCUT2D eigenvalue weighted by atomic mass is 10.3. The molecule has 1 saturated carbocycles. The lowest BCUT2D eigenvalue weighted by Crippen LogP contribution is -2.27. The van der Waals surface area contributed by atoms with Crippen LogP contribution < -0.4 is 16.2 Å². The molecule has 0 radical (unpaired) electrons.